The minimum atomic E-state index is -0.506. The first kappa shape index (κ1) is 13.0. The standard InChI is InChI=1S/C12H15N5O2S/c1-3-8-4-10(19-16-8)11(18)13-5-9-6-17-12(14-9)20-7(2)15-17/h6,10H,3-5H2,1-2H3,(H,13,18)/t10-/m0/s1. The Morgan fingerprint density at radius 3 is 3.20 bits per heavy atom. The van der Waals surface area contributed by atoms with Gasteiger partial charge < -0.3 is 10.2 Å². The highest BCUT2D eigenvalue weighted by Gasteiger charge is 2.27. The fraction of sp³-hybridized carbons (Fsp3) is 0.500. The molecule has 0 saturated carbocycles. The number of fused-ring (bicyclic) bond motifs is 1. The second-order valence-corrected chi connectivity index (χ2v) is 5.77. The highest BCUT2D eigenvalue weighted by molar-refractivity contribution is 7.16. The van der Waals surface area contributed by atoms with Gasteiger partial charge in [-0.2, -0.15) is 5.10 Å². The van der Waals surface area contributed by atoms with Gasteiger partial charge in [0.15, 0.2) is 0 Å². The van der Waals surface area contributed by atoms with E-state index < -0.39 is 6.10 Å². The summed E-state index contributed by atoms with van der Waals surface area (Å²) in [5, 5.41) is 11.9. The number of hydrogen-bond acceptors (Lipinski definition) is 6. The van der Waals surface area contributed by atoms with Crippen LogP contribution in [0.3, 0.4) is 0 Å². The van der Waals surface area contributed by atoms with Crippen molar-refractivity contribution in [2.24, 2.45) is 5.16 Å². The number of hydrogen-bond donors (Lipinski definition) is 1. The quantitative estimate of drug-likeness (QED) is 0.920. The molecule has 0 saturated heterocycles. The molecule has 20 heavy (non-hydrogen) atoms. The Bertz CT molecular complexity index is 643. The van der Waals surface area contributed by atoms with Crippen molar-refractivity contribution in [3.8, 4) is 0 Å². The first-order valence-electron chi connectivity index (χ1n) is 6.46. The molecule has 0 fully saturated rings. The van der Waals surface area contributed by atoms with Crippen LogP contribution in [0.2, 0.25) is 0 Å². The summed E-state index contributed by atoms with van der Waals surface area (Å²) in [6.07, 6.45) is 2.70. The van der Waals surface area contributed by atoms with E-state index in [9.17, 15) is 4.79 Å². The van der Waals surface area contributed by atoms with Crippen molar-refractivity contribution < 1.29 is 9.63 Å². The third-order valence-corrected chi connectivity index (χ3v) is 3.91. The number of carbonyl (C=O) groups is 1. The van der Waals surface area contributed by atoms with Crippen molar-refractivity contribution in [1.29, 1.82) is 0 Å². The maximum absolute atomic E-state index is 11.9. The van der Waals surface area contributed by atoms with Gasteiger partial charge in [0.05, 0.1) is 24.1 Å². The smallest absolute Gasteiger partial charge is 0.264 e. The van der Waals surface area contributed by atoms with Gasteiger partial charge in [-0.25, -0.2) is 9.50 Å². The van der Waals surface area contributed by atoms with Crippen molar-refractivity contribution in [2.75, 3.05) is 0 Å². The maximum atomic E-state index is 11.9. The van der Waals surface area contributed by atoms with Crippen molar-refractivity contribution in [3.63, 3.8) is 0 Å². The molecule has 1 amide bonds. The minimum absolute atomic E-state index is 0.155. The molecule has 0 bridgehead atoms. The molecule has 2 aromatic rings. The molecule has 106 valence electrons. The monoisotopic (exact) mass is 293 g/mol. The molecule has 0 radical (unpaired) electrons. The molecular weight excluding hydrogens is 278 g/mol. The van der Waals surface area contributed by atoms with Gasteiger partial charge in [0, 0.05) is 6.42 Å². The van der Waals surface area contributed by atoms with E-state index in [0.717, 1.165) is 27.8 Å². The SMILES string of the molecule is CCC1=NO[C@H](C(=O)NCc2cn3nc(C)sc3n2)C1. The number of aromatic nitrogens is 3. The Labute approximate surface area is 119 Å². The Morgan fingerprint density at radius 2 is 2.50 bits per heavy atom. The lowest BCUT2D eigenvalue weighted by molar-refractivity contribution is -0.131. The van der Waals surface area contributed by atoms with Gasteiger partial charge in [0.25, 0.3) is 5.91 Å². The Kier molecular flexibility index (Phi) is 3.39. The molecule has 1 atom stereocenters. The van der Waals surface area contributed by atoms with Gasteiger partial charge in [0.2, 0.25) is 11.1 Å². The topological polar surface area (TPSA) is 80.9 Å². The second kappa shape index (κ2) is 5.20. The van der Waals surface area contributed by atoms with E-state index in [2.05, 4.69) is 20.6 Å². The number of nitrogens with one attached hydrogen (secondary N) is 1. The number of amides is 1. The summed E-state index contributed by atoms with van der Waals surface area (Å²) >= 11 is 1.52. The van der Waals surface area contributed by atoms with E-state index in [4.69, 9.17) is 4.84 Å². The lowest BCUT2D eigenvalue weighted by Crippen LogP contribution is -2.34. The van der Waals surface area contributed by atoms with E-state index in [1.165, 1.54) is 11.3 Å². The first-order chi connectivity index (χ1) is 9.65. The van der Waals surface area contributed by atoms with E-state index in [1.807, 2.05) is 20.0 Å². The van der Waals surface area contributed by atoms with Crippen molar-refractivity contribution in [3.05, 3.63) is 16.9 Å². The lowest BCUT2D eigenvalue weighted by atomic mass is 10.1. The molecule has 0 aliphatic carbocycles. The van der Waals surface area contributed by atoms with Crippen LogP contribution in [0.1, 0.15) is 30.5 Å². The number of rotatable bonds is 4. The zero-order valence-corrected chi connectivity index (χ0v) is 12.1. The van der Waals surface area contributed by atoms with Crippen LogP contribution in [0.15, 0.2) is 11.4 Å². The third kappa shape index (κ3) is 2.51. The first-order valence-corrected chi connectivity index (χ1v) is 7.28. The van der Waals surface area contributed by atoms with Crippen molar-refractivity contribution in [2.45, 2.75) is 39.3 Å². The second-order valence-electron chi connectivity index (χ2n) is 4.61. The fourth-order valence-electron chi connectivity index (χ4n) is 2.00. The van der Waals surface area contributed by atoms with E-state index in [-0.39, 0.29) is 5.91 Å². The van der Waals surface area contributed by atoms with Gasteiger partial charge in [-0.3, -0.25) is 4.79 Å². The van der Waals surface area contributed by atoms with Crippen molar-refractivity contribution >= 4 is 27.9 Å². The summed E-state index contributed by atoms with van der Waals surface area (Å²) in [4.78, 5) is 22.3. The number of carbonyl (C=O) groups excluding carboxylic acids is 1. The Morgan fingerprint density at radius 1 is 1.65 bits per heavy atom. The van der Waals surface area contributed by atoms with Crippen LogP contribution in [-0.2, 0) is 16.2 Å². The van der Waals surface area contributed by atoms with Gasteiger partial charge in [-0.05, 0) is 13.3 Å². The average molecular weight is 293 g/mol. The van der Waals surface area contributed by atoms with Crippen LogP contribution < -0.4 is 5.32 Å². The molecule has 8 heteroatoms. The molecule has 2 aromatic heterocycles. The molecule has 0 aromatic carbocycles. The zero-order valence-electron chi connectivity index (χ0n) is 11.3. The largest absolute Gasteiger partial charge is 0.382 e. The van der Waals surface area contributed by atoms with E-state index >= 15 is 0 Å². The minimum Gasteiger partial charge on any atom is -0.382 e. The Balaban J connectivity index is 1.56. The summed E-state index contributed by atoms with van der Waals surface area (Å²) in [6.45, 7) is 4.30. The van der Waals surface area contributed by atoms with Gasteiger partial charge in [0.1, 0.15) is 5.01 Å². The number of oxime groups is 1. The average Bonchev–Trinajstić information content (AvgIpc) is 3.09. The van der Waals surface area contributed by atoms with Crippen LogP contribution in [0.4, 0.5) is 0 Å². The normalized spacial score (nSPS) is 18.1. The summed E-state index contributed by atoms with van der Waals surface area (Å²) in [5.74, 6) is -0.155. The van der Waals surface area contributed by atoms with E-state index in [0.29, 0.717) is 13.0 Å². The fourth-order valence-corrected chi connectivity index (χ4v) is 2.74. The van der Waals surface area contributed by atoms with E-state index in [1.54, 1.807) is 4.52 Å². The predicted octanol–water partition coefficient (Wildman–Crippen LogP) is 1.27. The van der Waals surface area contributed by atoms with Crippen LogP contribution >= 0.6 is 11.3 Å². The molecule has 7 nitrogen and oxygen atoms in total. The van der Waals surface area contributed by atoms with Crippen LogP contribution in [-0.4, -0.2) is 32.3 Å². The molecule has 1 aliphatic rings. The molecule has 0 spiro atoms. The third-order valence-electron chi connectivity index (χ3n) is 3.07. The van der Waals surface area contributed by atoms with Gasteiger partial charge >= 0.3 is 0 Å². The van der Waals surface area contributed by atoms with Gasteiger partial charge in [-0.15, -0.1) is 0 Å². The molecule has 0 unspecified atom stereocenters. The van der Waals surface area contributed by atoms with Gasteiger partial charge in [-0.1, -0.05) is 23.4 Å². The molecule has 1 N–H and O–H groups in total. The highest BCUT2D eigenvalue weighted by atomic mass is 32.1. The van der Waals surface area contributed by atoms with Crippen LogP contribution in [0.25, 0.3) is 4.96 Å². The molecule has 3 rings (SSSR count). The maximum Gasteiger partial charge on any atom is 0.264 e. The number of imidazole rings is 1. The number of nitrogens with zero attached hydrogens (tertiary/aromatic N) is 4. The number of aryl methyl sites for hydroxylation is 1. The summed E-state index contributed by atoms with van der Waals surface area (Å²) < 4.78 is 1.73. The zero-order chi connectivity index (χ0) is 14.1. The summed E-state index contributed by atoms with van der Waals surface area (Å²) in [5.41, 5.74) is 1.71. The lowest BCUT2D eigenvalue weighted by Gasteiger charge is -2.07. The summed E-state index contributed by atoms with van der Waals surface area (Å²) in [7, 11) is 0. The molecule has 3 heterocycles. The highest BCUT2D eigenvalue weighted by Crippen LogP contribution is 2.14. The summed E-state index contributed by atoms with van der Waals surface area (Å²) in [6, 6.07) is 0. The predicted molar refractivity (Wildman–Crippen MR) is 74.7 cm³/mol. The van der Waals surface area contributed by atoms with Crippen LogP contribution in [0.5, 0.6) is 0 Å². The molecule has 1 aliphatic heterocycles. The Hall–Kier alpha value is -1.96. The molecular formula is C12H15N5O2S. The van der Waals surface area contributed by atoms with Crippen LogP contribution in [0, 0.1) is 6.92 Å². The van der Waals surface area contributed by atoms with Crippen molar-refractivity contribution in [1.82, 2.24) is 19.9 Å².